The van der Waals surface area contributed by atoms with E-state index in [2.05, 4.69) is 5.32 Å². The van der Waals surface area contributed by atoms with Crippen LogP contribution in [-0.4, -0.2) is 18.3 Å². The average molecular weight is 374 g/mol. The minimum atomic E-state index is -0.405. The first-order valence-corrected chi connectivity index (χ1v) is 8.38. The lowest BCUT2D eigenvalue weighted by Crippen LogP contribution is -2.20. The Bertz CT molecular complexity index is 1040. The molecular formula is C22H15FN2O3. The van der Waals surface area contributed by atoms with Crippen LogP contribution in [0, 0.1) is 17.1 Å². The molecule has 5 nitrogen and oxygen atoms in total. The van der Waals surface area contributed by atoms with E-state index in [9.17, 15) is 14.0 Å². The monoisotopic (exact) mass is 374 g/mol. The Hall–Kier alpha value is -3.98. The topological polar surface area (TPSA) is 79.2 Å². The van der Waals surface area contributed by atoms with Crippen LogP contribution in [0.25, 0.3) is 0 Å². The van der Waals surface area contributed by atoms with E-state index in [0.717, 1.165) is 0 Å². The second-order valence-corrected chi connectivity index (χ2v) is 5.89. The van der Waals surface area contributed by atoms with Gasteiger partial charge in [0.2, 0.25) is 0 Å². The van der Waals surface area contributed by atoms with Crippen molar-refractivity contribution in [3.63, 3.8) is 0 Å². The molecule has 0 saturated carbocycles. The molecule has 0 bridgehead atoms. The van der Waals surface area contributed by atoms with Crippen LogP contribution in [-0.2, 0) is 4.79 Å². The van der Waals surface area contributed by atoms with Crippen molar-refractivity contribution in [1.29, 1.82) is 5.26 Å². The van der Waals surface area contributed by atoms with Crippen molar-refractivity contribution in [1.82, 2.24) is 0 Å². The number of nitrogens with zero attached hydrogens (tertiary/aromatic N) is 1. The fourth-order valence-corrected chi connectivity index (χ4v) is 2.48. The number of nitriles is 1. The maximum Gasteiger partial charge on any atom is 0.262 e. The molecule has 28 heavy (non-hydrogen) atoms. The summed E-state index contributed by atoms with van der Waals surface area (Å²) in [5.74, 6) is -0.585. The first-order chi connectivity index (χ1) is 13.5. The summed E-state index contributed by atoms with van der Waals surface area (Å²) in [6.45, 7) is -0.220. The van der Waals surface area contributed by atoms with E-state index in [4.69, 9.17) is 10.00 Å². The zero-order valence-electron chi connectivity index (χ0n) is 14.7. The van der Waals surface area contributed by atoms with Crippen LogP contribution in [0.3, 0.4) is 0 Å². The number of rotatable bonds is 6. The van der Waals surface area contributed by atoms with Gasteiger partial charge in [-0.25, -0.2) is 4.39 Å². The SMILES string of the molecule is N#Cc1cccc(NC(=O)COc2ccc(C(=O)c3ccc(F)cc3)cc2)c1. The lowest BCUT2D eigenvalue weighted by molar-refractivity contribution is -0.118. The molecule has 3 aromatic carbocycles. The summed E-state index contributed by atoms with van der Waals surface area (Å²) in [5.41, 5.74) is 1.76. The Morgan fingerprint density at radius 1 is 0.964 bits per heavy atom. The lowest BCUT2D eigenvalue weighted by atomic mass is 10.0. The number of halogens is 1. The molecule has 0 aliphatic carbocycles. The van der Waals surface area contributed by atoms with Gasteiger partial charge in [0.05, 0.1) is 11.6 Å². The molecule has 0 fully saturated rings. The Kier molecular flexibility index (Phi) is 5.78. The third-order valence-corrected chi connectivity index (χ3v) is 3.87. The number of carbonyl (C=O) groups is 2. The molecule has 0 aliphatic heterocycles. The molecule has 0 aliphatic rings. The number of hydrogen-bond donors (Lipinski definition) is 1. The highest BCUT2D eigenvalue weighted by molar-refractivity contribution is 6.09. The summed E-state index contributed by atoms with van der Waals surface area (Å²) in [6, 6.07) is 20.2. The second kappa shape index (κ2) is 8.60. The van der Waals surface area contributed by atoms with E-state index in [0.29, 0.717) is 28.1 Å². The molecular weight excluding hydrogens is 359 g/mol. The minimum Gasteiger partial charge on any atom is -0.484 e. The first-order valence-electron chi connectivity index (χ1n) is 8.38. The highest BCUT2D eigenvalue weighted by atomic mass is 19.1. The van der Waals surface area contributed by atoms with Gasteiger partial charge in [0.25, 0.3) is 5.91 Å². The average Bonchev–Trinajstić information content (AvgIpc) is 2.73. The van der Waals surface area contributed by atoms with E-state index in [1.54, 1.807) is 48.5 Å². The van der Waals surface area contributed by atoms with Crippen molar-refractivity contribution < 1.29 is 18.7 Å². The summed E-state index contributed by atoms with van der Waals surface area (Å²) in [4.78, 5) is 24.3. The number of carbonyl (C=O) groups excluding carboxylic acids is 2. The quantitative estimate of drug-likeness (QED) is 0.663. The van der Waals surface area contributed by atoms with Crippen molar-refractivity contribution in [3.8, 4) is 11.8 Å². The van der Waals surface area contributed by atoms with Gasteiger partial charge >= 0.3 is 0 Å². The fraction of sp³-hybridized carbons (Fsp3) is 0.0455. The van der Waals surface area contributed by atoms with Crippen molar-refractivity contribution >= 4 is 17.4 Å². The number of nitrogens with one attached hydrogen (secondary N) is 1. The highest BCUT2D eigenvalue weighted by Crippen LogP contribution is 2.16. The summed E-state index contributed by atoms with van der Waals surface area (Å²) in [5, 5.41) is 11.5. The highest BCUT2D eigenvalue weighted by Gasteiger charge is 2.10. The maximum atomic E-state index is 13.0. The van der Waals surface area contributed by atoms with Crippen molar-refractivity contribution in [2.75, 3.05) is 11.9 Å². The van der Waals surface area contributed by atoms with Crippen LogP contribution in [0.15, 0.2) is 72.8 Å². The smallest absolute Gasteiger partial charge is 0.262 e. The van der Waals surface area contributed by atoms with Gasteiger partial charge < -0.3 is 10.1 Å². The molecule has 0 atom stereocenters. The Balaban J connectivity index is 1.56. The molecule has 1 amide bonds. The number of benzene rings is 3. The second-order valence-electron chi connectivity index (χ2n) is 5.89. The van der Waals surface area contributed by atoms with Gasteiger partial charge in [-0.2, -0.15) is 5.26 Å². The van der Waals surface area contributed by atoms with Gasteiger partial charge in [-0.15, -0.1) is 0 Å². The molecule has 0 aromatic heterocycles. The predicted molar refractivity (Wildman–Crippen MR) is 102 cm³/mol. The Morgan fingerprint density at radius 2 is 1.61 bits per heavy atom. The number of ketones is 1. The molecule has 0 spiro atoms. The molecule has 0 heterocycles. The normalized spacial score (nSPS) is 10.0. The largest absolute Gasteiger partial charge is 0.484 e. The zero-order valence-corrected chi connectivity index (χ0v) is 14.7. The maximum absolute atomic E-state index is 13.0. The van der Waals surface area contributed by atoms with Gasteiger partial charge in [-0.3, -0.25) is 9.59 Å². The molecule has 1 N–H and O–H groups in total. The molecule has 0 radical (unpaired) electrons. The van der Waals surface area contributed by atoms with Crippen LogP contribution >= 0.6 is 0 Å². The fourth-order valence-electron chi connectivity index (χ4n) is 2.48. The number of ether oxygens (including phenoxy) is 1. The van der Waals surface area contributed by atoms with E-state index in [1.807, 2.05) is 6.07 Å². The number of hydrogen-bond acceptors (Lipinski definition) is 4. The van der Waals surface area contributed by atoms with Crippen molar-refractivity contribution in [3.05, 3.63) is 95.3 Å². The summed E-state index contributed by atoms with van der Waals surface area (Å²) in [6.07, 6.45) is 0. The molecule has 138 valence electrons. The summed E-state index contributed by atoms with van der Waals surface area (Å²) in [7, 11) is 0. The molecule has 0 saturated heterocycles. The van der Waals surface area contributed by atoms with Crippen LogP contribution < -0.4 is 10.1 Å². The van der Waals surface area contributed by atoms with Crippen LogP contribution in [0.2, 0.25) is 0 Å². The molecule has 6 heteroatoms. The van der Waals surface area contributed by atoms with Gasteiger partial charge in [0.1, 0.15) is 11.6 Å². The predicted octanol–water partition coefficient (Wildman–Crippen LogP) is 3.95. The van der Waals surface area contributed by atoms with Crippen LogP contribution in [0.1, 0.15) is 21.5 Å². The van der Waals surface area contributed by atoms with E-state index in [-0.39, 0.29) is 18.3 Å². The Labute approximate surface area is 161 Å². The third-order valence-electron chi connectivity index (χ3n) is 3.87. The van der Waals surface area contributed by atoms with E-state index in [1.165, 1.54) is 24.3 Å². The number of amides is 1. The van der Waals surface area contributed by atoms with Crippen molar-refractivity contribution in [2.45, 2.75) is 0 Å². The molecule has 3 rings (SSSR count). The minimum absolute atomic E-state index is 0.220. The standard InChI is InChI=1S/C22H15FN2O3/c23-18-8-4-16(5-9-18)22(27)17-6-10-20(11-7-17)28-14-21(26)25-19-3-1-2-15(12-19)13-24/h1-12H,14H2,(H,25,26). The van der Waals surface area contributed by atoms with Gasteiger partial charge in [0.15, 0.2) is 12.4 Å². The first kappa shape index (κ1) is 18.8. The zero-order chi connectivity index (χ0) is 19.9. The third kappa shape index (κ3) is 4.80. The molecule has 0 unspecified atom stereocenters. The van der Waals surface area contributed by atoms with E-state index >= 15 is 0 Å². The van der Waals surface area contributed by atoms with E-state index < -0.39 is 5.82 Å². The van der Waals surface area contributed by atoms with Gasteiger partial charge in [-0.05, 0) is 66.7 Å². The van der Waals surface area contributed by atoms with Crippen LogP contribution in [0.4, 0.5) is 10.1 Å². The van der Waals surface area contributed by atoms with Crippen LogP contribution in [0.5, 0.6) is 5.75 Å². The lowest BCUT2D eigenvalue weighted by Gasteiger charge is -2.08. The Morgan fingerprint density at radius 3 is 2.25 bits per heavy atom. The van der Waals surface area contributed by atoms with Gasteiger partial charge in [0, 0.05) is 16.8 Å². The summed E-state index contributed by atoms with van der Waals surface area (Å²) >= 11 is 0. The summed E-state index contributed by atoms with van der Waals surface area (Å²) < 4.78 is 18.4. The molecule has 3 aromatic rings. The van der Waals surface area contributed by atoms with Crippen molar-refractivity contribution in [2.24, 2.45) is 0 Å². The number of anilines is 1. The van der Waals surface area contributed by atoms with Gasteiger partial charge in [-0.1, -0.05) is 6.07 Å².